The van der Waals surface area contributed by atoms with E-state index in [1.54, 1.807) is 0 Å². The van der Waals surface area contributed by atoms with Crippen molar-refractivity contribution in [3.8, 4) is 0 Å². The molecule has 0 radical (unpaired) electrons. The Kier molecular flexibility index (Phi) is 12.9. The van der Waals surface area contributed by atoms with E-state index in [2.05, 4.69) is 12.2 Å². The molecule has 184 valence electrons. The fourth-order valence-electron chi connectivity index (χ4n) is 3.93. The first-order valence-electron chi connectivity index (χ1n) is 12.3. The van der Waals surface area contributed by atoms with Gasteiger partial charge in [-0.2, -0.15) is 12.7 Å². The van der Waals surface area contributed by atoms with Crippen LogP contribution in [-0.4, -0.2) is 29.9 Å². The SMILES string of the molecule is CCCCCCCCCCCCN(C(=O)Nc1c(C(C)C)cccc1C(C)C)S(=O)(=O)O. The first-order chi connectivity index (χ1) is 15.1. The molecule has 0 heterocycles. The van der Waals surface area contributed by atoms with Crippen LogP contribution in [0.5, 0.6) is 0 Å². The molecule has 0 unspecified atom stereocenters. The summed E-state index contributed by atoms with van der Waals surface area (Å²) in [6.45, 7) is 10.3. The number of carbonyl (C=O) groups is 1. The third kappa shape index (κ3) is 9.90. The minimum atomic E-state index is -4.64. The molecule has 6 nitrogen and oxygen atoms in total. The molecule has 2 amide bonds. The van der Waals surface area contributed by atoms with Gasteiger partial charge in [-0.15, -0.1) is 0 Å². The topological polar surface area (TPSA) is 86.7 Å². The van der Waals surface area contributed by atoms with Gasteiger partial charge in [0.25, 0.3) is 0 Å². The number of urea groups is 1. The molecule has 0 spiro atoms. The highest BCUT2D eigenvalue weighted by molar-refractivity contribution is 7.84. The van der Waals surface area contributed by atoms with Gasteiger partial charge in [-0.25, -0.2) is 4.79 Å². The van der Waals surface area contributed by atoms with E-state index < -0.39 is 16.3 Å². The van der Waals surface area contributed by atoms with Gasteiger partial charge in [0.1, 0.15) is 0 Å². The van der Waals surface area contributed by atoms with Gasteiger partial charge in [-0.1, -0.05) is 111 Å². The number of amides is 2. The zero-order valence-electron chi connectivity index (χ0n) is 20.7. The van der Waals surface area contributed by atoms with Crippen LogP contribution in [0.3, 0.4) is 0 Å². The molecular formula is C25H44N2O4S. The number of nitrogens with one attached hydrogen (secondary N) is 1. The standard InChI is InChI=1S/C25H44N2O4S/c1-6-7-8-9-10-11-12-13-14-15-19-27(32(29,30)31)25(28)26-24-22(20(2)3)17-16-18-23(24)21(4)5/h16-18,20-21H,6-15,19H2,1-5H3,(H,26,28)(H,29,30,31). The Morgan fingerprint density at radius 1 is 0.875 bits per heavy atom. The average Bonchev–Trinajstić information content (AvgIpc) is 2.70. The Morgan fingerprint density at radius 2 is 1.31 bits per heavy atom. The number of unbranched alkanes of at least 4 members (excludes halogenated alkanes) is 9. The van der Waals surface area contributed by atoms with Crippen LogP contribution in [0.15, 0.2) is 18.2 Å². The summed E-state index contributed by atoms with van der Waals surface area (Å²) in [6.07, 6.45) is 11.0. The molecule has 0 aromatic heterocycles. The van der Waals surface area contributed by atoms with Crippen molar-refractivity contribution in [2.75, 3.05) is 11.9 Å². The largest absolute Gasteiger partial charge is 0.363 e. The second-order valence-electron chi connectivity index (χ2n) is 9.28. The lowest BCUT2D eigenvalue weighted by Gasteiger charge is -2.24. The van der Waals surface area contributed by atoms with E-state index >= 15 is 0 Å². The van der Waals surface area contributed by atoms with Gasteiger partial charge in [-0.3, -0.25) is 4.55 Å². The van der Waals surface area contributed by atoms with E-state index in [9.17, 15) is 17.8 Å². The van der Waals surface area contributed by atoms with E-state index in [-0.39, 0.29) is 18.4 Å². The van der Waals surface area contributed by atoms with Crippen molar-refractivity contribution in [2.24, 2.45) is 0 Å². The Bertz CT molecular complexity index is 765. The summed E-state index contributed by atoms with van der Waals surface area (Å²) in [4.78, 5) is 12.9. The first kappa shape index (κ1) is 28.4. The lowest BCUT2D eigenvalue weighted by Crippen LogP contribution is -2.40. The average molecular weight is 469 g/mol. The molecule has 0 aliphatic carbocycles. The number of rotatable bonds is 15. The summed E-state index contributed by atoms with van der Waals surface area (Å²) in [7, 11) is -4.64. The summed E-state index contributed by atoms with van der Waals surface area (Å²) in [6, 6.07) is 5.02. The quantitative estimate of drug-likeness (QED) is 0.206. The monoisotopic (exact) mass is 468 g/mol. The third-order valence-corrected chi connectivity index (χ3v) is 6.73. The second-order valence-corrected chi connectivity index (χ2v) is 10.6. The van der Waals surface area contributed by atoms with Crippen molar-refractivity contribution in [3.63, 3.8) is 0 Å². The van der Waals surface area contributed by atoms with Crippen molar-refractivity contribution in [1.82, 2.24) is 4.31 Å². The smallest absolute Gasteiger partial charge is 0.306 e. The van der Waals surface area contributed by atoms with Gasteiger partial charge in [0.15, 0.2) is 0 Å². The lowest BCUT2D eigenvalue weighted by atomic mass is 9.93. The fourth-order valence-corrected chi connectivity index (χ4v) is 4.54. The number of nitrogens with zero attached hydrogens (tertiary/aromatic N) is 1. The highest BCUT2D eigenvalue weighted by Crippen LogP contribution is 2.32. The predicted molar refractivity (Wildman–Crippen MR) is 134 cm³/mol. The Labute approximate surface area is 196 Å². The number of hydrogen-bond donors (Lipinski definition) is 2. The van der Waals surface area contributed by atoms with Crippen LogP contribution in [-0.2, 0) is 10.3 Å². The van der Waals surface area contributed by atoms with Gasteiger partial charge in [0.05, 0.1) is 0 Å². The van der Waals surface area contributed by atoms with Gasteiger partial charge in [0.2, 0.25) is 0 Å². The van der Waals surface area contributed by atoms with Crippen molar-refractivity contribution in [2.45, 2.75) is 111 Å². The number of anilines is 1. The number of para-hydroxylation sites is 1. The summed E-state index contributed by atoms with van der Waals surface area (Å²) in [5.74, 6) is 0.315. The summed E-state index contributed by atoms with van der Waals surface area (Å²) in [5.41, 5.74) is 2.52. The van der Waals surface area contributed by atoms with Gasteiger partial charge in [0, 0.05) is 12.2 Å². The number of hydrogen-bond acceptors (Lipinski definition) is 3. The minimum absolute atomic E-state index is 0.0258. The van der Waals surface area contributed by atoms with Gasteiger partial charge >= 0.3 is 16.3 Å². The Balaban J connectivity index is 2.68. The molecular weight excluding hydrogens is 424 g/mol. The molecule has 7 heteroatoms. The maximum Gasteiger partial charge on any atom is 0.363 e. The maximum atomic E-state index is 12.9. The van der Waals surface area contributed by atoms with Crippen molar-refractivity contribution in [3.05, 3.63) is 29.3 Å². The molecule has 0 fully saturated rings. The molecule has 0 aliphatic heterocycles. The van der Waals surface area contributed by atoms with Crippen molar-refractivity contribution >= 4 is 22.0 Å². The highest BCUT2D eigenvalue weighted by Gasteiger charge is 2.27. The van der Waals surface area contributed by atoms with E-state index in [4.69, 9.17) is 0 Å². The molecule has 32 heavy (non-hydrogen) atoms. The lowest BCUT2D eigenvalue weighted by molar-refractivity contribution is 0.231. The first-order valence-corrected chi connectivity index (χ1v) is 13.7. The van der Waals surface area contributed by atoms with E-state index in [1.807, 2.05) is 45.9 Å². The molecule has 0 aliphatic rings. The summed E-state index contributed by atoms with van der Waals surface area (Å²) in [5, 5.41) is 2.78. The highest BCUT2D eigenvalue weighted by atomic mass is 32.2. The Morgan fingerprint density at radius 3 is 1.72 bits per heavy atom. The number of carbonyl (C=O) groups excluding carboxylic acids is 1. The van der Waals surface area contributed by atoms with Crippen LogP contribution < -0.4 is 5.32 Å². The van der Waals surface area contributed by atoms with Crippen molar-refractivity contribution in [1.29, 1.82) is 0 Å². The normalized spacial score (nSPS) is 11.9. The second kappa shape index (κ2) is 14.5. The van der Waals surface area contributed by atoms with Crippen LogP contribution in [0.2, 0.25) is 0 Å². The molecule has 0 atom stereocenters. The van der Waals surface area contributed by atoms with Gasteiger partial charge < -0.3 is 5.32 Å². The third-order valence-electron chi connectivity index (χ3n) is 5.82. The maximum absolute atomic E-state index is 12.9. The van der Waals surface area contributed by atoms with Crippen LogP contribution in [0.1, 0.15) is 122 Å². The zero-order chi connectivity index (χ0) is 24.1. The number of benzene rings is 1. The molecule has 0 saturated carbocycles. The molecule has 1 rings (SSSR count). The van der Waals surface area contributed by atoms with E-state index in [0.717, 1.165) is 30.4 Å². The molecule has 0 bridgehead atoms. The zero-order valence-corrected chi connectivity index (χ0v) is 21.5. The Hall–Kier alpha value is -1.60. The van der Waals surface area contributed by atoms with E-state index in [0.29, 0.717) is 16.4 Å². The van der Waals surface area contributed by atoms with Crippen LogP contribution in [0.4, 0.5) is 10.5 Å². The van der Waals surface area contributed by atoms with Crippen LogP contribution in [0, 0.1) is 0 Å². The minimum Gasteiger partial charge on any atom is -0.306 e. The van der Waals surface area contributed by atoms with Crippen LogP contribution >= 0.6 is 0 Å². The van der Waals surface area contributed by atoms with E-state index in [1.165, 1.54) is 38.5 Å². The van der Waals surface area contributed by atoms with Crippen molar-refractivity contribution < 1.29 is 17.8 Å². The predicted octanol–water partition coefficient (Wildman–Crippen LogP) is 7.49. The fraction of sp³-hybridized carbons (Fsp3) is 0.720. The molecule has 2 N–H and O–H groups in total. The molecule has 1 aromatic carbocycles. The van der Waals surface area contributed by atoms with Crippen LogP contribution in [0.25, 0.3) is 0 Å². The molecule has 1 aromatic rings. The van der Waals surface area contributed by atoms with Gasteiger partial charge in [-0.05, 0) is 29.4 Å². The summed E-state index contributed by atoms with van der Waals surface area (Å²) >= 11 is 0. The summed E-state index contributed by atoms with van der Waals surface area (Å²) < 4.78 is 34.0. The molecule has 0 saturated heterocycles.